The summed E-state index contributed by atoms with van der Waals surface area (Å²) < 4.78 is 5.66. The van der Waals surface area contributed by atoms with Crippen LogP contribution in [0, 0.1) is 6.92 Å². The molecule has 0 heterocycles. The largest absolute Gasteiger partial charge is 0.489 e. The Morgan fingerprint density at radius 2 is 1.76 bits per heavy atom. The molecule has 2 rings (SSSR count). The van der Waals surface area contributed by atoms with Crippen LogP contribution in [0.5, 0.6) is 5.75 Å². The van der Waals surface area contributed by atoms with Gasteiger partial charge in [-0.25, -0.2) is 0 Å². The highest BCUT2D eigenvalue weighted by atomic mass is 16.5. The molecule has 0 saturated carbocycles. The van der Waals surface area contributed by atoms with E-state index in [0.717, 1.165) is 16.9 Å². The Kier molecular flexibility index (Phi) is 3.78. The molecule has 0 bridgehead atoms. The second-order valence-electron chi connectivity index (χ2n) is 4.08. The van der Waals surface area contributed by atoms with Crippen LogP contribution in [0.1, 0.15) is 16.7 Å². The van der Waals surface area contributed by atoms with E-state index in [1.165, 1.54) is 5.56 Å². The minimum absolute atomic E-state index is 0.0434. The Morgan fingerprint density at radius 3 is 2.47 bits per heavy atom. The molecule has 17 heavy (non-hydrogen) atoms. The Morgan fingerprint density at radius 1 is 1.00 bits per heavy atom. The SMILES string of the molecule is Cc1ccc(COc2cccc(CO)c2)cc1. The van der Waals surface area contributed by atoms with Crippen molar-refractivity contribution in [3.8, 4) is 5.75 Å². The maximum atomic E-state index is 9.02. The van der Waals surface area contributed by atoms with Crippen LogP contribution in [-0.4, -0.2) is 5.11 Å². The molecule has 0 atom stereocenters. The summed E-state index contributed by atoms with van der Waals surface area (Å²) in [6.07, 6.45) is 0. The summed E-state index contributed by atoms with van der Waals surface area (Å²) >= 11 is 0. The fraction of sp³-hybridized carbons (Fsp3) is 0.200. The van der Waals surface area contributed by atoms with Gasteiger partial charge in [0.25, 0.3) is 0 Å². The topological polar surface area (TPSA) is 29.5 Å². The number of aryl methyl sites for hydroxylation is 1. The van der Waals surface area contributed by atoms with Crippen molar-refractivity contribution in [2.75, 3.05) is 0 Å². The highest BCUT2D eigenvalue weighted by Gasteiger charge is 1.97. The van der Waals surface area contributed by atoms with Gasteiger partial charge in [0.1, 0.15) is 12.4 Å². The van der Waals surface area contributed by atoms with E-state index in [9.17, 15) is 0 Å². The van der Waals surface area contributed by atoms with E-state index in [4.69, 9.17) is 9.84 Å². The fourth-order valence-corrected chi connectivity index (χ4v) is 1.58. The summed E-state index contributed by atoms with van der Waals surface area (Å²) in [5.74, 6) is 0.789. The van der Waals surface area contributed by atoms with Gasteiger partial charge in [-0.1, -0.05) is 42.0 Å². The molecule has 88 valence electrons. The first-order valence-corrected chi connectivity index (χ1v) is 5.66. The highest BCUT2D eigenvalue weighted by molar-refractivity contribution is 5.28. The van der Waals surface area contributed by atoms with Crippen LogP contribution in [0.25, 0.3) is 0 Å². The number of aliphatic hydroxyl groups excluding tert-OH is 1. The maximum Gasteiger partial charge on any atom is 0.120 e. The molecule has 0 aliphatic carbocycles. The van der Waals surface area contributed by atoms with Crippen molar-refractivity contribution >= 4 is 0 Å². The van der Waals surface area contributed by atoms with Crippen molar-refractivity contribution in [2.45, 2.75) is 20.1 Å². The fourth-order valence-electron chi connectivity index (χ4n) is 1.58. The first-order valence-electron chi connectivity index (χ1n) is 5.66. The van der Waals surface area contributed by atoms with E-state index >= 15 is 0 Å². The second-order valence-corrected chi connectivity index (χ2v) is 4.08. The number of aliphatic hydroxyl groups is 1. The lowest BCUT2D eigenvalue weighted by atomic mass is 10.2. The molecule has 0 saturated heterocycles. The summed E-state index contributed by atoms with van der Waals surface area (Å²) in [4.78, 5) is 0. The summed E-state index contributed by atoms with van der Waals surface area (Å²) in [6, 6.07) is 15.8. The number of ether oxygens (including phenoxy) is 1. The van der Waals surface area contributed by atoms with Crippen molar-refractivity contribution < 1.29 is 9.84 Å². The zero-order valence-electron chi connectivity index (χ0n) is 9.89. The number of benzene rings is 2. The third-order valence-corrected chi connectivity index (χ3v) is 2.61. The average molecular weight is 228 g/mol. The molecule has 0 aliphatic rings. The van der Waals surface area contributed by atoms with E-state index in [1.54, 1.807) is 0 Å². The summed E-state index contributed by atoms with van der Waals surface area (Å²) in [7, 11) is 0. The standard InChI is InChI=1S/C15H16O2/c1-12-5-7-13(8-6-12)11-17-15-4-2-3-14(9-15)10-16/h2-9,16H,10-11H2,1H3. The van der Waals surface area contributed by atoms with Crippen LogP contribution in [0.4, 0.5) is 0 Å². The van der Waals surface area contributed by atoms with Gasteiger partial charge >= 0.3 is 0 Å². The second kappa shape index (κ2) is 5.51. The third kappa shape index (κ3) is 3.33. The molecule has 0 amide bonds. The molecular weight excluding hydrogens is 212 g/mol. The first kappa shape index (κ1) is 11.7. The van der Waals surface area contributed by atoms with E-state index in [0.29, 0.717) is 6.61 Å². The molecule has 0 aromatic heterocycles. The Balaban J connectivity index is 1.99. The summed E-state index contributed by atoms with van der Waals surface area (Å²) in [6.45, 7) is 2.66. The molecule has 2 aromatic rings. The number of rotatable bonds is 4. The molecule has 2 nitrogen and oxygen atoms in total. The van der Waals surface area contributed by atoms with Crippen molar-refractivity contribution in [1.29, 1.82) is 0 Å². The molecule has 0 unspecified atom stereocenters. The third-order valence-electron chi connectivity index (χ3n) is 2.61. The lowest BCUT2D eigenvalue weighted by molar-refractivity contribution is 0.278. The van der Waals surface area contributed by atoms with Gasteiger partial charge in [-0.2, -0.15) is 0 Å². The Bertz CT molecular complexity index is 475. The van der Waals surface area contributed by atoms with E-state index in [-0.39, 0.29) is 6.61 Å². The van der Waals surface area contributed by atoms with Crippen molar-refractivity contribution in [3.63, 3.8) is 0 Å². The van der Waals surface area contributed by atoms with Crippen LogP contribution in [0.3, 0.4) is 0 Å². The minimum atomic E-state index is 0.0434. The monoisotopic (exact) mass is 228 g/mol. The minimum Gasteiger partial charge on any atom is -0.489 e. The quantitative estimate of drug-likeness (QED) is 0.871. The predicted molar refractivity (Wildman–Crippen MR) is 67.9 cm³/mol. The zero-order chi connectivity index (χ0) is 12.1. The molecule has 1 N–H and O–H groups in total. The molecule has 0 fully saturated rings. The molecule has 0 radical (unpaired) electrons. The van der Waals surface area contributed by atoms with Gasteiger partial charge in [0, 0.05) is 0 Å². The predicted octanol–water partition coefficient (Wildman–Crippen LogP) is 3.07. The Labute approximate surface area is 101 Å². The van der Waals surface area contributed by atoms with Crippen LogP contribution in [0.2, 0.25) is 0 Å². The Hall–Kier alpha value is -1.80. The van der Waals surface area contributed by atoms with Crippen LogP contribution < -0.4 is 4.74 Å². The summed E-state index contributed by atoms with van der Waals surface area (Å²) in [5, 5.41) is 9.02. The van der Waals surface area contributed by atoms with E-state index in [2.05, 4.69) is 31.2 Å². The lowest BCUT2D eigenvalue weighted by Crippen LogP contribution is -1.96. The molecular formula is C15H16O2. The van der Waals surface area contributed by atoms with Crippen molar-refractivity contribution in [3.05, 3.63) is 65.2 Å². The highest BCUT2D eigenvalue weighted by Crippen LogP contribution is 2.15. The van der Waals surface area contributed by atoms with Gasteiger partial charge < -0.3 is 9.84 Å². The van der Waals surface area contributed by atoms with Crippen molar-refractivity contribution in [1.82, 2.24) is 0 Å². The molecule has 0 aliphatic heterocycles. The number of hydrogen-bond donors (Lipinski definition) is 1. The van der Waals surface area contributed by atoms with Gasteiger partial charge in [0.2, 0.25) is 0 Å². The van der Waals surface area contributed by atoms with Gasteiger partial charge in [-0.05, 0) is 30.2 Å². The van der Waals surface area contributed by atoms with Gasteiger partial charge in [-0.3, -0.25) is 0 Å². The normalized spacial score (nSPS) is 10.2. The molecule has 2 aromatic carbocycles. The van der Waals surface area contributed by atoms with Gasteiger partial charge in [0.15, 0.2) is 0 Å². The average Bonchev–Trinajstić information content (AvgIpc) is 2.38. The summed E-state index contributed by atoms with van der Waals surface area (Å²) in [5.41, 5.74) is 3.26. The van der Waals surface area contributed by atoms with Gasteiger partial charge in [0.05, 0.1) is 6.61 Å². The zero-order valence-corrected chi connectivity index (χ0v) is 9.89. The van der Waals surface area contributed by atoms with E-state index in [1.807, 2.05) is 24.3 Å². The van der Waals surface area contributed by atoms with Crippen LogP contribution >= 0.6 is 0 Å². The molecule has 2 heteroatoms. The van der Waals surface area contributed by atoms with E-state index < -0.39 is 0 Å². The van der Waals surface area contributed by atoms with Crippen LogP contribution in [-0.2, 0) is 13.2 Å². The first-order chi connectivity index (χ1) is 8.28. The lowest BCUT2D eigenvalue weighted by Gasteiger charge is -2.07. The smallest absolute Gasteiger partial charge is 0.120 e. The maximum absolute atomic E-state index is 9.02. The van der Waals surface area contributed by atoms with Gasteiger partial charge in [-0.15, -0.1) is 0 Å². The van der Waals surface area contributed by atoms with Crippen molar-refractivity contribution in [2.24, 2.45) is 0 Å². The number of hydrogen-bond acceptors (Lipinski definition) is 2. The van der Waals surface area contributed by atoms with Crippen LogP contribution in [0.15, 0.2) is 48.5 Å². The molecule has 0 spiro atoms.